The minimum atomic E-state index is 0.524. The zero-order chi connectivity index (χ0) is 13.8. The van der Waals surface area contributed by atoms with Gasteiger partial charge in [-0.05, 0) is 13.8 Å². The third kappa shape index (κ3) is 3.57. The lowest BCUT2D eigenvalue weighted by Crippen LogP contribution is -2.15. The van der Waals surface area contributed by atoms with Gasteiger partial charge in [0, 0.05) is 32.4 Å². The third-order valence-electron chi connectivity index (χ3n) is 2.11. The molecule has 0 spiro atoms. The number of hydrogen-bond donors (Lipinski definition) is 1. The van der Waals surface area contributed by atoms with Gasteiger partial charge in [-0.15, -0.1) is 0 Å². The second-order valence-corrected chi connectivity index (χ2v) is 4.94. The van der Waals surface area contributed by atoms with Crippen LogP contribution in [-0.2, 0) is 0 Å². The largest absolute Gasteiger partial charge is 0.439 e. The number of aryl methyl sites for hydroxylation is 1. The zero-order valence-electron chi connectivity index (χ0n) is 11.3. The summed E-state index contributed by atoms with van der Waals surface area (Å²) in [4.78, 5) is 19.0. The Hall–Kier alpha value is -1.83. The van der Waals surface area contributed by atoms with E-state index in [0.717, 1.165) is 12.2 Å². The van der Waals surface area contributed by atoms with Crippen LogP contribution in [0.4, 0.5) is 11.9 Å². The van der Waals surface area contributed by atoms with E-state index in [9.17, 15) is 0 Å². The summed E-state index contributed by atoms with van der Waals surface area (Å²) in [6, 6.07) is 0. The minimum Gasteiger partial charge on any atom is -0.439 e. The first-order valence-corrected chi connectivity index (χ1v) is 6.67. The molecular formula is C11H16N6OS. The molecule has 2 rings (SSSR count). The van der Waals surface area contributed by atoms with Crippen LogP contribution in [0.1, 0.15) is 12.6 Å². The first kappa shape index (κ1) is 13.6. The van der Waals surface area contributed by atoms with Gasteiger partial charge >= 0.3 is 0 Å². The number of nitrogens with zero attached hydrogens (tertiary/aromatic N) is 5. The molecule has 2 aromatic heterocycles. The highest BCUT2D eigenvalue weighted by Crippen LogP contribution is 2.25. The first-order chi connectivity index (χ1) is 9.08. The molecule has 8 heteroatoms. The Morgan fingerprint density at radius 2 is 2.05 bits per heavy atom. The van der Waals surface area contributed by atoms with E-state index in [-0.39, 0.29) is 0 Å². The molecule has 0 fully saturated rings. The summed E-state index contributed by atoms with van der Waals surface area (Å²) in [7, 11) is 3.77. The van der Waals surface area contributed by atoms with Crippen LogP contribution in [0.15, 0.2) is 21.1 Å². The van der Waals surface area contributed by atoms with Crippen molar-refractivity contribution >= 4 is 23.7 Å². The highest BCUT2D eigenvalue weighted by atomic mass is 32.2. The predicted molar refractivity (Wildman–Crippen MR) is 73.7 cm³/mol. The molecule has 0 aliphatic heterocycles. The van der Waals surface area contributed by atoms with Crippen molar-refractivity contribution in [1.82, 2.24) is 19.9 Å². The summed E-state index contributed by atoms with van der Waals surface area (Å²) in [6.45, 7) is 4.61. The van der Waals surface area contributed by atoms with E-state index in [1.165, 1.54) is 11.8 Å². The molecule has 0 saturated carbocycles. The molecule has 7 nitrogen and oxygen atoms in total. The maximum absolute atomic E-state index is 5.29. The van der Waals surface area contributed by atoms with E-state index in [1.54, 1.807) is 6.26 Å². The van der Waals surface area contributed by atoms with Gasteiger partial charge in [-0.25, -0.2) is 4.98 Å². The summed E-state index contributed by atoms with van der Waals surface area (Å²) in [5.41, 5.74) is 0.830. The smallest absolute Gasteiger partial charge is 0.263 e. The Kier molecular flexibility index (Phi) is 4.20. The molecule has 0 bridgehead atoms. The normalized spacial score (nSPS) is 10.5. The fraction of sp³-hybridized carbons (Fsp3) is 0.455. The average Bonchev–Trinajstić information content (AvgIpc) is 2.75. The van der Waals surface area contributed by atoms with Crippen molar-refractivity contribution in [2.24, 2.45) is 0 Å². The molecule has 2 aromatic rings. The van der Waals surface area contributed by atoms with Crippen molar-refractivity contribution in [3.8, 4) is 0 Å². The van der Waals surface area contributed by atoms with E-state index in [1.807, 2.05) is 32.8 Å². The van der Waals surface area contributed by atoms with Gasteiger partial charge in [-0.2, -0.15) is 15.0 Å². The third-order valence-corrected chi connectivity index (χ3v) is 2.84. The summed E-state index contributed by atoms with van der Waals surface area (Å²) in [6.07, 6.45) is 1.60. The summed E-state index contributed by atoms with van der Waals surface area (Å²) in [5, 5.41) is 4.16. The molecule has 0 aliphatic carbocycles. The molecular weight excluding hydrogens is 264 g/mol. The number of aromatic nitrogens is 4. The van der Waals surface area contributed by atoms with Crippen LogP contribution in [0, 0.1) is 6.92 Å². The number of nitrogens with one attached hydrogen (secondary N) is 1. The standard InChI is InChI=1S/C11H16N6OS/c1-5-12-8-14-9(17(3)4)16-10(15-8)19-11-13-7(2)6-18-11/h6H,5H2,1-4H3,(H,12,14,15,16). The van der Waals surface area contributed by atoms with Crippen molar-refractivity contribution in [2.75, 3.05) is 30.9 Å². The molecule has 0 unspecified atom stereocenters. The Morgan fingerprint density at radius 3 is 2.63 bits per heavy atom. The maximum Gasteiger partial charge on any atom is 0.263 e. The Morgan fingerprint density at radius 1 is 1.26 bits per heavy atom. The molecule has 0 aliphatic rings. The molecule has 0 saturated heterocycles. The lowest BCUT2D eigenvalue weighted by Gasteiger charge is -2.12. The van der Waals surface area contributed by atoms with Crippen LogP contribution < -0.4 is 10.2 Å². The van der Waals surface area contributed by atoms with Crippen molar-refractivity contribution in [1.29, 1.82) is 0 Å². The monoisotopic (exact) mass is 280 g/mol. The van der Waals surface area contributed by atoms with E-state index in [4.69, 9.17) is 4.42 Å². The van der Waals surface area contributed by atoms with E-state index >= 15 is 0 Å². The van der Waals surface area contributed by atoms with E-state index < -0.39 is 0 Å². The van der Waals surface area contributed by atoms with Crippen molar-refractivity contribution < 1.29 is 4.42 Å². The van der Waals surface area contributed by atoms with Crippen LogP contribution in [0.3, 0.4) is 0 Å². The Balaban J connectivity index is 2.27. The fourth-order valence-electron chi connectivity index (χ4n) is 1.29. The molecule has 0 amide bonds. The van der Waals surface area contributed by atoms with Crippen LogP contribution in [-0.4, -0.2) is 40.6 Å². The molecule has 0 radical (unpaired) electrons. The van der Waals surface area contributed by atoms with Crippen molar-refractivity contribution in [3.63, 3.8) is 0 Å². The molecule has 1 N–H and O–H groups in total. The molecule has 0 atom stereocenters. The van der Waals surface area contributed by atoms with Gasteiger partial charge in [-0.1, -0.05) is 0 Å². The van der Waals surface area contributed by atoms with Crippen molar-refractivity contribution in [3.05, 3.63) is 12.0 Å². The van der Waals surface area contributed by atoms with Crippen LogP contribution >= 0.6 is 11.8 Å². The van der Waals surface area contributed by atoms with Gasteiger partial charge in [0.05, 0.1) is 5.69 Å². The topological polar surface area (TPSA) is 80.0 Å². The quantitative estimate of drug-likeness (QED) is 0.888. The summed E-state index contributed by atoms with van der Waals surface area (Å²) >= 11 is 1.27. The minimum absolute atomic E-state index is 0.524. The number of hydrogen-bond acceptors (Lipinski definition) is 8. The van der Waals surface area contributed by atoms with Crippen LogP contribution in [0.25, 0.3) is 0 Å². The molecule has 19 heavy (non-hydrogen) atoms. The number of rotatable bonds is 5. The molecule has 102 valence electrons. The average molecular weight is 280 g/mol. The summed E-state index contributed by atoms with van der Waals surface area (Å²) in [5.74, 6) is 1.14. The highest BCUT2D eigenvalue weighted by Gasteiger charge is 2.11. The highest BCUT2D eigenvalue weighted by molar-refractivity contribution is 7.98. The second-order valence-electron chi connectivity index (χ2n) is 4.02. The summed E-state index contributed by atoms with van der Waals surface area (Å²) < 4.78 is 5.29. The molecule has 0 aromatic carbocycles. The van der Waals surface area contributed by atoms with E-state index in [2.05, 4.69) is 25.3 Å². The number of oxazole rings is 1. The van der Waals surface area contributed by atoms with Gasteiger partial charge in [-0.3, -0.25) is 0 Å². The van der Waals surface area contributed by atoms with Gasteiger partial charge in [0.1, 0.15) is 6.26 Å². The van der Waals surface area contributed by atoms with Crippen molar-refractivity contribution in [2.45, 2.75) is 24.2 Å². The maximum atomic E-state index is 5.29. The van der Waals surface area contributed by atoms with Crippen LogP contribution in [0.2, 0.25) is 0 Å². The van der Waals surface area contributed by atoms with Gasteiger partial charge in [0.25, 0.3) is 5.22 Å². The SMILES string of the molecule is CCNc1nc(Sc2nc(C)co2)nc(N(C)C)n1. The molecule has 2 heterocycles. The Labute approximate surface area is 115 Å². The second kappa shape index (κ2) is 5.87. The van der Waals surface area contributed by atoms with Gasteiger partial charge in [0.15, 0.2) is 0 Å². The van der Waals surface area contributed by atoms with E-state index in [0.29, 0.717) is 22.3 Å². The van der Waals surface area contributed by atoms with Gasteiger partial charge in [0.2, 0.25) is 17.1 Å². The lowest BCUT2D eigenvalue weighted by molar-refractivity contribution is 0.453. The first-order valence-electron chi connectivity index (χ1n) is 5.85. The Bertz CT molecular complexity index is 556. The van der Waals surface area contributed by atoms with Gasteiger partial charge < -0.3 is 14.6 Å². The fourth-order valence-corrected chi connectivity index (χ4v) is 1.99. The zero-order valence-corrected chi connectivity index (χ0v) is 12.2. The number of anilines is 2. The van der Waals surface area contributed by atoms with Crippen LogP contribution in [0.5, 0.6) is 0 Å². The lowest BCUT2D eigenvalue weighted by atomic mass is 10.6. The predicted octanol–water partition coefficient (Wildman–Crippen LogP) is 1.82.